The molecular formula is C19H30Cl3N3O. The molecule has 1 aliphatic heterocycles. The first-order chi connectivity index (χ1) is 11.6. The van der Waals surface area contributed by atoms with Gasteiger partial charge in [0.05, 0.1) is 0 Å². The summed E-state index contributed by atoms with van der Waals surface area (Å²) in [5, 5.41) is 0.818. The zero-order valence-corrected chi connectivity index (χ0v) is 17.7. The van der Waals surface area contributed by atoms with E-state index in [2.05, 4.69) is 17.9 Å². The molecule has 1 saturated heterocycles. The van der Waals surface area contributed by atoms with Crippen molar-refractivity contribution in [2.45, 2.75) is 44.7 Å². The van der Waals surface area contributed by atoms with E-state index in [-0.39, 0.29) is 42.8 Å². The van der Waals surface area contributed by atoms with Gasteiger partial charge in [0, 0.05) is 49.7 Å². The number of carbonyl (C=O) groups excluding carboxylic acids is 1. The summed E-state index contributed by atoms with van der Waals surface area (Å²) in [4.78, 5) is 17.0. The fourth-order valence-corrected chi connectivity index (χ4v) is 4.34. The number of nitrogens with zero attached hydrogens (tertiary/aromatic N) is 2. The summed E-state index contributed by atoms with van der Waals surface area (Å²) in [6.45, 7) is 5.59. The third kappa shape index (κ3) is 5.49. The van der Waals surface area contributed by atoms with Crippen LogP contribution in [0.1, 0.15) is 44.2 Å². The van der Waals surface area contributed by atoms with Crippen molar-refractivity contribution in [3.63, 3.8) is 0 Å². The summed E-state index contributed by atoms with van der Waals surface area (Å²) in [5.41, 5.74) is 7.27. The molecule has 0 bridgehead atoms. The summed E-state index contributed by atoms with van der Waals surface area (Å²) in [7, 11) is 0. The van der Waals surface area contributed by atoms with E-state index in [0.29, 0.717) is 12.3 Å². The highest BCUT2D eigenvalue weighted by Gasteiger charge is 2.30. The minimum atomic E-state index is 0. The molecule has 1 aliphatic carbocycles. The van der Waals surface area contributed by atoms with Gasteiger partial charge in [0.15, 0.2) is 0 Å². The van der Waals surface area contributed by atoms with E-state index in [1.165, 1.54) is 6.42 Å². The van der Waals surface area contributed by atoms with Crippen LogP contribution in [-0.4, -0.2) is 47.9 Å². The molecule has 0 aromatic heterocycles. The quantitative estimate of drug-likeness (QED) is 0.800. The van der Waals surface area contributed by atoms with E-state index >= 15 is 0 Å². The fraction of sp³-hybridized carbons (Fsp3) is 0.632. The van der Waals surface area contributed by atoms with Gasteiger partial charge in [-0.2, -0.15) is 0 Å². The predicted octanol–water partition coefficient (Wildman–Crippen LogP) is 3.91. The van der Waals surface area contributed by atoms with E-state index < -0.39 is 0 Å². The van der Waals surface area contributed by atoms with Crippen molar-refractivity contribution in [3.05, 3.63) is 34.9 Å². The maximum Gasteiger partial charge on any atom is 0.222 e. The van der Waals surface area contributed by atoms with E-state index in [0.717, 1.165) is 49.6 Å². The fourth-order valence-electron chi connectivity index (χ4n) is 4.04. The first-order valence-electron chi connectivity index (χ1n) is 9.08. The highest BCUT2D eigenvalue weighted by atomic mass is 35.5. The molecule has 2 aliphatic rings. The Morgan fingerprint density at radius 3 is 2.42 bits per heavy atom. The van der Waals surface area contributed by atoms with Crippen molar-refractivity contribution in [1.82, 2.24) is 9.80 Å². The lowest BCUT2D eigenvalue weighted by Crippen LogP contribution is -2.49. The minimum absolute atomic E-state index is 0. The van der Waals surface area contributed by atoms with Crippen LogP contribution in [0, 0.1) is 5.92 Å². The topological polar surface area (TPSA) is 49.6 Å². The maximum absolute atomic E-state index is 12.5. The van der Waals surface area contributed by atoms with Crippen molar-refractivity contribution in [1.29, 1.82) is 0 Å². The molecule has 1 heterocycles. The van der Waals surface area contributed by atoms with Gasteiger partial charge in [-0.15, -0.1) is 24.8 Å². The summed E-state index contributed by atoms with van der Waals surface area (Å²) >= 11 is 6.32. The maximum atomic E-state index is 12.5. The van der Waals surface area contributed by atoms with Crippen LogP contribution < -0.4 is 5.73 Å². The summed E-state index contributed by atoms with van der Waals surface area (Å²) in [6.07, 6.45) is 3.97. The van der Waals surface area contributed by atoms with Crippen molar-refractivity contribution in [2.75, 3.05) is 26.2 Å². The number of rotatable bonds is 4. The second-order valence-electron chi connectivity index (χ2n) is 7.17. The zero-order chi connectivity index (χ0) is 17.1. The Balaban J connectivity index is 0.00000169. The predicted molar refractivity (Wildman–Crippen MR) is 112 cm³/mol. The van der Waals surface area contributed by atoms with Gasteiger partial charge in [-0.3, -0.25) is 9.69 Å². The number of piperazine rings is 1. The molecule has 1 aromatic carbocycles. The van der Waals surface area contributed by atoms with Crippen LogP contribution in [0.4, 0.5) is 0 Å². The molecule has 2 fully saturated rings. The molecule has 1 saturated carbocycles. The lowest BCUT2D eigenvalue weighted by Gasteiger charge is -2.39. The van der Waals surface area contributed by atoms with Crippen molar-refractivity contribution < 1.29 is 4.79 Å². The van der Waals surface area contributed by atoms with E-state index in [1.54, 1.807) is 0 Å². The van der Waals surface area contributed by atoms with Gasteiger partial charge in [-0.1, -0.05) is 36.2 Å². The number of halogens is 3. The summed E-state index contributed by atoms with van der Waals surface area (Å²) in [5.74, 6) is 0.667. The first kappa shape index (κ1) is 23.5. The molecule has 148 valence electrons. The van der Waals surface area contributed by atoms with Gasteiger partial charge in [0.2, 0.25) is 5.91 Å². The second-order valence-corrected chi connectivity index (χ2v) is 7.58. The number of benzene rings is 1. The average molecular weight is 423 g/mol. The zero-order valence-electron chi connectivity index (χ0n) is 15.3. The molecular weight excluding hydrogens is 393 g/mol. The van der Waals surface area contributed by atoms with Crippen LogP contribution >= 0.6 is 36.4 Å². The van der Waals surface area contributed by atoms with Crippen molar-refractivity contribution >= 4 is 42.3 Å². The SMILES string of the molecule is CC(c1ccccc1Cl)N1CCN(C(=O)C[C@@H]2CCC[C@H]2N)CC1.Cl.Cl. The molecule has 26 heavy (non-hydrogen) atoms. The van der Waals surface area contributed by atoms with Crippen LogP contribution in [0.5, 0.6) is 0 Å². The van der Waals surface area contributed by atoms with Crippen molar-refractivity contribution in [3.8, 4) is 0 Å². The molecule has 7 heteroatoms. The molecule has 2 N–H and O–H groups in total. The van der Waals surface area contributed by atoms with E-state index in [4.69, 9.17) is 17.3 Å². The van der Waals surface area contributed by atoms with Gasteiger partial charge in [0.25, 0.3) is 0 Å². The van der Waals surface area contributed by atoms with Crippen molar-refractivity contribution in [2.24, 2.45) is 11.7 Å². The Labute approximate surface area is 174 Å². The Bertz CT molecular complexity index is 579. The van der Waals surface area contributed by atoms with Crippen LogP contribution in [0.2, 0.25) is 5.02 Å². The van der Waals surface area contributed by atoms with Gasteiger partial charge in [0.1, 0.15) is 0 Å². The number of amides is 1. The summed E-state index contributed by atoms with van der Waals surface area (Å²) < 4.78 is 0. The first-order valence-corrected chi connectivity index (χ1v) is 9.46. The van der Waals surface area contributed by atoms with Gasteiger partial charge < -0.3 is 10.6 Å². The molecule has 0 spiro atoms. The molecule has 3 rings (SSSR count). The molecule has 1 aromatic rings. The monoisotopic (exact) mass is 421 g/mol. The number of hydrogen-bond donors (Lipinski definition) is 1. The van der Waals surface area contributed by atoms with E-state index in [1.807, 2.05) is 23.1 Å². The Hall–Kier alpha value is -0.520. The van der Waals surface area contributed by atoms with Crippen LogP contribution in [0.25, 0.3) is 0 Å². The van der Waals surface area contributed by atoms with Gasteiger partial charge >= 0.3 is 0 Å². The van der Waals surface area contributed by atoms with Gasteiger partial charge in [-0.25, -0.2) is 0 Å². The second kappa shape index (κ2) is 10.7. The standard InChI is InChI=1S/C19H28ClN3O.2ClH/c1-14(16-6-2-3-7-17(16)20)22-9-11-23(12-10-22)19(24)13-15-5-4-8-18(15)21;;/h2-3,6-7,14-15,18H,4-5,8-13,21H2,1H3;2*1H/t14?,15-,18+;;/m0../s1. The number of nitrogens with two attached hydrogens (primary N) is 1. The molecule has 1 amide bonds. The molecule has 4 nitrogen and oxygen atoms in total. The van der Waals surface area contributed by atoms with E-state index in [9.17, 15) is 4.79 Å². The Morgan fingerprint density at radius 2 is 1.85 bits per heavy atom. The number of hydrogen-bond acceptors (Lipinski definition) is 3. The normalized spacial score (nSPS) is 24.5. The number of carbonyl (C=O) groups is 1. The van der Waals surface area contributed by atoms with Crippen LogP contribution in [-0.2, 0) is 4.79 Å². The van der Waals surface area contributed by atoms with Crippen LogP contribution in [0.15, 0.2) is 24.3 Å². The Morgan fingerprint density at radius 1 is 1.19 bits per heavy atom. The third-order valence-electron chi connectivity index (χ3n) is 5.72. The van der Waals surface area contributed by atoms with Gasteiger partial charge in [-0.05, 0) is 37.3 Å². The summed E-state index contributed by atoms with van der Waals surface area (Å²) in [6, 6.07) is 8.52. The Kier molecular flexibility index (Phi) is 9.70. The average Bonchev–Trinajstić information content (AvgIpc) is 3.00. The largest absolute Gasteiger partial charge is 0.340 e. The highest BCUT2D eigenvalue weighted by molar-refractivity contribution is 6.31. The molecule has 0 radical (unpaired) electrons. The third-order valence-corrected chi connectivity index (χ3v) is 6.07. The molecule has 1 unspecified atom stereocenters. The smallest absolute Gasteiger partial charge is 0.222 e. The molecule has 3 atom stereocenters. The minimum Gasteiger partial charge on any atom is -0.340 e. The lowest BCUT2D eigenvalue weighted by molar-refractivity contribution is -0.134. The van der Waals surface area contributed by atoms with Crippen LogP contribution in [0.3, 0.4) is 0 Å². The lowest BCUT2D eigenvalue weighted by atomic mass is 9.99. The highest BCUT2D eigenvalue weighted by Crippen LogP contribution is 2.29.